The number of hydrogen-bond donors (Lipinski definition) is 2. The van der Waals surface area contributed by atoms with Crippen molar-refractivity contribution in [2.45, 2.75) is 12.6 Å². The highest BCUT2D eigenvalue weighted by Gasteiger charge is 2.10. The van der Waals surface area contributed by atoms with E-state index in [1.165, 1.54) is 23.1 Å². The number of furan rings is 1. The average molecular weight is 337 g/mol. The van der Waals surface area contributed by atoms with Gasteiger partial charge < -0.3 is 14.8 Å². The molecular formula is C15H14ClFN4O2. The Balaban J connectivity index is 1.58. The minimum atomic E-state index is -0.726. The molecule has 3 rings (SSSR count). The smallest absolute Gasteiger partial charge is 0.141 e. The second kappa shape index (κ2) is 6.91. The Morgan fingerprint density at radius 2 is 2.26 bits per heavy atom. The van der Waals surface area contributed by atoms with Gasteiger partial charge in [-0.2, -0.15) is 0 Å². The fraction of sp³-hybridized carbons (Fsp3) is 0.200. The molecule has 0 saturated carbocycles. The molecule has 2 aromatic heterocycles. The fourth-order valence-electron chi connectivity index (χ4n) is 2.05. The van der Waals surface area contributed by atoms with E-state index in [4.69, 9.17) is 16.0 Å². The molecule has 2 heterocycles. The zero-order valence-electron chi connectivity index (χ0n) is 12.0. The van der Waals surface area contributed by atoms with Crippen molar-refractivity contribution < 1.29 is 13.9 Å². The molecule has 6 nitrogen and oxygen atoms in total. The number of halogens is 2. The van der Waals surface area contributed by atoms with Gasteiger partial charge in [-0.3, -0.25) is 0 Å². The molecule has 120 valence electrons. The van der Waals surface area contributed by atoms with Crippen molar-refractivity contribution in [1.82, 2.24) is 20.3 Å². The highest BCUT2D eigenvalue weighted by atomic mass is 35.5. The molecule has 0 aliphatic heterocycles. The van der Waals surface area contributed by atoms with Gasteiger partial charge in [0.05, 0.1) is 28.9 Å². The SMILES string of the molecule is O[C@H](CNCc1cn(-c2ccc(F)c(Cl)c2)nn1)c1ccco1. The Morgan fingerprint density at radius 3 is 3.00 bits per heavy atom. The normalized spacial score (nSPS) is 12.5. The lowest BCUT2D eigenvalue weighted by Gasteiger charge is -2.07. The van der Waals surface area contributed by atoms with Crippen molar-refractivity contribution >= 4 is 11.6 Å². The summed E-state index contributed by atoms with van der Waals surface area (Å²) in [6, 6.07) is 7.74. The molecule has 0 radical (unpaired) electrons. The quantitative estimate of drug-likeness (QED) is 0.723. The largest absolute Gasteiger partial charge is 0.467 e. The summed E-state index contributed by atoms with van der Waals surface area (Å²) >= 11 is 5.75. The highest BCUT2D eigenvalue weighted by molar-refractivity contribution is 6.30. The van der Waals surface area contributed by atoms with E-state index in [9.17, 15) is 9.50 Å². The third-order valence-corrected chi connectivity index (χ3v) is 3.51. The van der Waals surface area contributed by atoms with E-state index in [-0.39, 0.29) is 5.02 Å². The molecule has 0 aliphatic rings. The number of aliphatic hydroxyl groups is 1. The van der Waals surface area contributed by atoms with E-state index in [2.05, 4.69) is 15.6 Å². The lowest BCUT2D eigenvalue weighted by Crippen LogP contribution is -2.20. The van der Waals surface area contributed by atoms with Crippen molar-refractivity contribution in [2.24, 2.45) is 0 Å². The summed E-state index contributed by atoms with van der Waals surface area (Å²) in [5.41, 5.74) is 1.29. The first kappa shape index (κ1) is 15.7. The number of nitrogens with one attached hydrogen (secondary N) is 1. The van der Waals surface area contributed by atoms with Crippen LogP contribution in [0, 0.1) is 5.82 Å². The molecule has 3 aromatic rings. The van der Waals surface area contributed by atoms with Gasteiger partial charge in [-0.15, -0.1) is 5.10 Å². The van der Waals surface area contributed by atoms with Crippen LogP contribution in [0.4, 0.5) is 4.39 Å². The molecule has 0 amide bonds. The van der Waals surface area contributed by atoms with E-state index in [0.29, 0.717) is 30.2 Å². The van der Waals surface area contributed by atoms with Crippen LogP contribution in [0.1, 0.15) is 17.6 Å². The van der Waals surface area contributed by atoms with Crippen molar-refractivity contribution in [3.63, 3.8) is 0 Å². The van der Waals surface area contributed by atoms with Gasteiger partial charge in [-0.1, -0.05) is 16.8 Å². The van der Waals surface area contributed by atoms with E-state index in [0.717, 1.165) is 0 Å². The Labute approximate surface area is 136 Å². The summed E-state index contributed by atoms with van der Waals surface area (Å²) in [5.74, 6) is 0.0199. The monoisotopic (exact) mass is 336 g/mol. The number of hydrogen-bond acceptors (Lipinski definition) is 5. The van der Waals surface area contributed by atoms with Crippen molar-refractivity contribution in [3.8, 4) is 5.69 Å². The minimum Gasteiger partial charge on any atom is -0.467 e. The minimum absolute atomic E-state index is 0.0271. The topological polar surface area (TPSA) is 76.1 Å². The molecule has 0 saturated heterocycles. The van der Waals surface area contributed by atoms with Crippen LogP contribution >= 0.6 is 11.6 Å². The van der Waals surface area contributed by atoms with Crippen LogP contribution in [0.15, 0.2) is 47.2 Å². The van der Waals surface area contributed by atoms with Crippen LogP contribution in [-0.2, 0) is 6.54 Å². The molecule has 0 aliphatic carbocycles. The Bertz CT molecular complexity index is 776. The highest BCUT2D eigenvalue weighted by Crippen LogP contribution is 2.18. The molecule has 1 aromatic carbocycles. The summed E-state index contributed by atoms with van der Waals surface area (Å²) < 4.78 is 19.8. The molecule has 2 N–H and O–H groups in total. The van der Waals surface area contributed by atoms with Crippen LogP contribution < -0.4 is 5.32 Å². The fourth-order valence-corrected chi connectivity index (χ4v) is 2.23. The van der Waals surface area contributed by atoms with Crippen LogP contribution in [0.3, 0.4) is 0 Å². The summed E-state index contributed by atoms with van der Waals surface area (Å²) in [7, 11) is 0. The lowest BCUT2D eigenvalue weighted by atomic mass is 10.2. The maximum atomic E-state index is 13.2. The third kappa shape index (κ3) is 3.76. The van der Waals surface area contributed by atoms with Crippen molar-refractivity contribution in [3.05, 3.63) is 65.1 Å². The van der Waals surface area contributed by atoms with Gasteiger partial charge in [-0.05, 0) is 30.3 Å². The average Bonchev–Trinajstić information content (AvgIpc) is 3.21. The van der Waals surface area contributed by atoms with Gasteiger partial charge in [-0.25, -0.2) is 9.07 Å². The Hall–Kier alpha value is -2.22. The van der Waals surface area contributed by atoms with E-state index in [1.54, 1.807) is 24.4 Å². The summed E-state index contributed by atoms with van der Waals surface area (Å²) in [5, 5.41) is 21.0. The van der Waals surface area contributed by atoms with Gasteiger partial charge in [0.1, 0.15) is 17.7 Å². The van der Waals surface area contributed by atoms with E-state index >= 15 is 0 Å². The van der Waals surface area contributed by atoms with Gasteiger partial charge >= 0.3 is 0 Å². The number of rotatable bonds is 6. The first-order valence-electron chi connectivity index (χ1n) is 6.92. The van der Waals surface area contributed by atoms with Gasteiger partial charge in [0, 0.05) is 13.1 Å². The van der Waals surface area contributed by atoms with Crippen LogP contribution in [0.25, 0.3) is 5.69 Å². The number of aromatic nitrogens is 3. The van der Waals surface area contributed by atoms with Crippen LogP contribution in [0.2, 0.25) is 5.02 Å². The summed E-state index contributed by atoms with van der Waals surface area (Å²) in [6.45, 7) is 0.745. The number of benzene rings is 1. The third-order valence-electron chi connectivity index (χ3n) is 3.22. The molecule has 0 unspecified atom stereocenters. The summed E-state index contributed by atoms with van der Waals surface area (Å²) in [4.78, 5) is 0. The molecule has 0 spiro atoms. The van der Waals surface area contributed by atoms with Crippen molar-refractivity contribution in [1.29, 1.82) is 0 Å². The molecule has 23 heavy (non-hydrogen) atoms. The number of aliphatic hydroxyl groups excluding tert-OH is 1. The van der Waals surface area contributed by atoms with Crippen LogP contribution in [-0.4, -0.2) is 26.6 Å². The maximum absolute atomic E-state index is 13.2. The van der Waals surface area contributed by atoms with E-state index < -0.39 is 11.9 Å². The number of nitrogens with zero attached hydrogens (tertiary/aromatic N) is 3. The van der Waals surface area contributed by atoms with Gasteiger partial charge in [0.25, 0.3) is 0 Å². The zero-order valence-corrected chi connectivity index (χ0v) is 12.7. The Kier molecular flexibility index (Phi) is 4.71. The predicted octanol–water partition coefficient (Wildman–Crippen LogP) is 2.48. The molecule has 0 bridgehead atoms. The standard InChI is InChI=1S/C15H14ClFN4O2/c16-12-6-11(3-4-13(12)17)21-9-10(19-20-21)7-18-8-14(22)15-2-1-5-23-15/h1-6,9,14,18,22H,7-8H2/t14-/m1/s1. The molecule has 1 atom stereocenters. The van der Waals surface area contributed by atoms with Gasteiger partial charge in [0.2, 0.25) is 0 Å². The molecule has 0 fully saturated rings. The van der Waals surface area contributed by atoms with Gasteiger partial charge in [0.15, 0.2) is 0 Å². The predicted molar refractivity (Wildman–Crippen MR) is 81.7 cm³/mol. The zero-order chi connectivity index (χ0) is 16.2. The Morgan fingerprint density at radius 1 is 1.39 bits per heavy atom. The van der Waals surface area contributed by atoms with Crippen molar-refractivity contribution in [2.75, 3.05) is 6.54 Å². The second-order valence-electron chi connectivity index (χ2n) is 4.91. The molecule has 8 heteroatoms. The summed E-state index contributed by atoms with van der Waals surface area (Å²) in [6.07, 6.45) is 2.49. The first-order chi connectivity index (χ1) is 11.1. The molecular weight excluding hydrogens is 323 g/mol. The first-order valence-corrected chi connectivity index (χ1v) is 7.30. The second-order valence-corrected chi connectivity index (χ2v) is 5.32. The van der Waals surface area contributed by atoms with E-state index in [1.807, 2.05) is 0 Å². The maximum Gasteiger partial charge on any atom is 0.141 e. The van der Waals surface area contributed by atoms with Crippen LogP contribution in [0.5, 0.6) is 0 Å². The lowest BCUT2D eigenvalue weighted by molar-refractivity contribution is 0.147.